The van der Waals surface area contributed by atoms with Gasteiger partial charge in [-0.2, -0.15) is 0 Å². The SMILES string of the molecule is CC12C[C@]3(C)CN(C[C@](C)(C1)C3)C2=O. The molecule has 3 aliphatic heterocycles. The summed E-state index contributed by atoms with van der Waals surface area (Å²) >= 11 is 0. The Hall–Kier alpha value is -0.530. The molecule has 0 aromatic rings. The van der Waals surface area contributed by atoms with Gasteiger partial charge in [0.2, 0.25) is 5.91 Å². The largest absolute Gasteiger partial charge is 0.341 e. The van der Waals surface area contributed by atoms with Gasteiger partial charge in [-0.25, -0.2) is 0 Å². The molecular weight excluding hydrogens is 174 g/mol. The van der Waals surface area contributed by atoms with Crippen molar-refractivity contribution < 1.29 is 4.79 Å². The van der Waals surface area contributed by atoms with Crippen LogP contribution in [0.15, 0.2) is 0 Å². The number of piperidine rings is 3. The number of carbonyl (C=O) groups excluding carboxylic acids is 1. The number of carbonyl (C=O) groups is 1. The number of amides is 1. The molecule has 1 unspecified atom stereocenters. The monoisotopic (exact) mass is 193 g/mol. The quantitative estimate of drug-likeness (QED) is 0.576. The third-order valence-electron chi connectivity index (χ3n) is 4.44. The van der Waals surface area contributed by atoms with E-state index in [4.69, 9.17) is 0 Å². The Morgan fingerprint density at radius 3 is 1.93 bits per heavy atom. The zero-order valence-corrected chi connectivity index (χ0v) is 9.39. The molecule has 4 aliphatic rings. The Labute approximate surface area is 85.7 Å². The van der Waals surface area contributed by atoms with Crippen LogP contribution in [0.25, 0.3) is 0 Å². The van der Waals surface area contributed by atoms with Crippen molar-refractivity contribution in [2.45, 2.75) is 40.0 Å². The van der Waals surface area contributed by atoms with E-state index in [9.17, 15) is 4.79 Å². The summed E-state index contributed by atoms with van der Waals surface area (Å²) in [4.78, 5) is 14.2. The second-order valence-corrected chi connectivity index (χ2v) is 6.87. The highest BCUT2D eigenvalue weighted by molar-refractivity contribution is 5.85. The molecule has 0 aromatic carbocycles. The van der Waals surface area contributed by atoms with E-state index in [1.165, 1.54) is 6.42 Å². The maximum atomic E-state index is 12.1. The van der Waals surface area contributed by atoms with Crippen molar-refractivity contribution in [1.29, 1.82) is 0 Å². The summed E-state index contributed by atoms with van der Waals surface area (Å²) in [6.45, 7) is 8.92. The van der Waals surface area contributed by atoms with Gasteiger partial charge in [0.15, 0.2) is 0 Å². The van der Waals surface area contributed by atoms with E-state index in [2.05, 4.69) is 25.7 Å². The van der Waals surface area contributed by atoms with Crippen molar-refractivity contribution in [3.05, 3.63) is 0 Å². The fourth-order valence-corrected chi connectivity index (χ4v) is 4.98. The molecule has 0 spiro atoms. The van der Waals surface area contributed by atoms with E-state index in [0.717, 1.165) is 25.9 Å². The summed E-state index contributed by atoms with van der Waals surface area (Å²) in [5.41, 5.74) is 0.792. The van der Waals surface area contributed by atoms with Crippen molar-refractivity contribution in [3.63, 3.8) is 0 Å². The van der Waals surface area contributed by atoms with Crippen LogP contribution in [0.5, 0.6) is 0 Å². The molecule has 78 valence electrons. The topological polar surface area (TPSA) is 20.3 Å². The third kappa shape index (κ3) is 0.896. The first-order valence-corrected chi connectivity index (χ1v) is 5.64. The minimum Gasteiger partial charge on any atom is -0.341 e. The molecule has 3 heterocycles. The molecule has 4 rings (SSSR count). The maximum Gasteiger partial charge on any atom is 0.228 e. The average Bonchev–Trinajstić information content (AvgIpc) is 1.94. The summed E-state index contributed by atoms with van der Waals surface area (Å²) in [6.07, 6.45) is 3.55. The van der Waals surface area contributed by atoms with Gasteiger partial charge in [0.05, 0.1) is 0 Å². The summed E-state index contributed by atoms with van der Waals surface area (Å²) in [6, 6.07) is 0. The Morgan fingerprint density at radius 2 is 1.50 bits per heavy atom. The highest BCUT2D eigenvalue weighted by Crippen LogP contribution is 2.61. The van der Waals surface area contributed by atoms with E-state index >= 15 is 0 Å². The van der Waals surface area contributed by atoms with Gasteiger partial charge in [0, 0.05) is 18.5 Å². The summed E-state index contributed by atoms with van der Waals surface area (Å²) in [5, 5.41) is 0. The second-order valence-electron chi connectivity index (χ2n) is 6.87. The lowest BCUT2D eigenvalue weighted by atomic mass is 9.49. The number of hydrogen-bond acceptors (Lipinski definition) is 1. The average molecular weight is 193 g/mol. The Morgan fingerprint density at radius 1 is 1.00 bits per heavy atom. The van der Waals surface area contributed by atoms with E-state index in [-0.39, 0.29) is 5.41 Å². The highest BCUT2D eigenvalue weighted by atomic mass is 16.2. The van der Waals surface area contributed by atoms with E-state index < -0.39 is 0 Å². The van der Waals surface area contributed by atoms with Crippen molar-refractivity contribution in [3.8, 4) is 0 Å². The molecule has 2 nitrogen and oxygen atoms in total. The zero-order valence-electron chi connectivity index (χ0n) is 9.39. The van der Waals surface area contributed by atoms with Crippen LogP contribution in [-0.4, -0.2) is 23.9 Å². The van der Waals surface area contributed by atoms with Gasteiger partial charge in [-0.3, -0.25) is 4.79 Å². The Bertz CT molecular complexity index is 304. The molecule has 1 saturated carbocycles. The first-order valence-electron chi connectivity index (χ1n) is 5.64. The van der Waals surface area contributed by atoms with E-state index in [1.807, 2.05) is 0 Å². The minimum absolute atomic E-state index is 0.0295. The van der Waals surface area contributed by atoms with Crippen molar-refractivity contribution in [2.24, 2.45) is 16.2 Å². The van der Waals surface area contributed by atoms with Gasteiger partial charge >= 0.3 is 0 Å². The van der Waals surface area contributed by atoms with Crippen LogP contribution in [0, 0.1) is 16.2 Å². The number of nitrogens with zero attached hydrogens (tertiary/aromatic N) is 1. The molecule has 4 bridgehead atoms. The molecule has 3 atom stereocenters. The highest BCUT2D eigenvalue weighted by Gasteiger charge is 2.61. The van der Waals surface area contributed by atoms with Crippen molar-refractivity contribution in [2.75, 3.05) is 13.1 Å². The molecule has 0 radical (unpaired) electrons. The Balaban J connectivity index is 2.10. The van der Waals surface area contributed by atoms with Gasteiger partial charge in [-0.05, 0) is 30.1 Å². The number of rotatable bonds is 0. The lowest BCUT2D eigenvalue weighted by Gasteiger charge is -2.64. The van der Waals surface area contributed by atoms with Gasteiger partial charge in [0.1, 0.15) is 0 Å². The van der Waals surface area contributed by atoms with Gasteiger partial charge in [-0.15, -0.1) is 0 Å². The minimum atomic E-state index is -0.0295. The van der Waals surface area contributed by atoms with Crippen LogP contribution in [-0.2, 0) is 4.79 Å². The molecule has 2 heteroatoms. The fourth-order valence-electron chi connectivity index (χ4n) is 4.98. The molecule has 1 amide bonds. The zero-order chi connectivity index (χ0) is 10.2. The molecular formula is C12H19NO. The van der Waals surface area contributed by atoms with Crippen LogP contribution < -0.4 is 0 Å². The van der Waals surface area contributed by atoms with Crippen molar-refractivity contribution in [1.82, 2.24) is 4.90 Å². The van der Waals surface area contributed by atoms with Crippen LogP contribution in [0.3, 0.4) is 0 Å². The molecule has 0 N–H and O–H groups in total. The lowest BCUT2D eigenvalue weighted by molar-refractivity contribution is -0.188. The predicted octanol–water partition coefficient (Wildman–Crippen LogP) is 2.04. The first-order chi connectivity index (χ1) is 6.34. The fraction of sp³-hybridized carbons (Fsp3) is 0.917. The maximum absolute atomic E-state index is 12.1. The molecule has 3 saturated heterocycles. The summed E-state index contributed by atoms with van der Waals surface area (Å²) in [5.74, 6) is 0.423. The van der Waals surface area contributed by atoms with Gasteiger partial charge < -0.3 is 4.90 Å². The molecule has 1 aliphatic carbocycles. The third-order valence-corrected chi connectivity index (χ3v) is 4.44. The van der Waals surface area contributed by atoms with Crippen LogP contribution in [0.2, 0.25) is 0 Å². The summed E-state index contributed by atoms with van der Waals surface area (Å²) < 4.78 is 0. The van der Waals surface area contributed by atoms with Crippen LogP contribution >= 0.6 is 0 Å². The normalized spacial score (nSPS) is 55.6. The van der Waals surface area contributed by atoms with E-state index in [1.54, 1.807) is 0 Å². The Kier molecular flexibility index (Phi) is 1.27. The lowest BCUT2D eigenvalue weighted by Crippen LogP contribution is -2.68. The van der Waals surface area contributed by atoms with E-state index in [0.29, 0.717) is 16.7 Å². The second kappa shape index (κ2) is 2.02. The van der Waals surface area contributed by atoms with Gasteiger partial charge in [0.25, 0.3) is 0 Å². The first kappa shape index (κ1) is 8.75. The molecule has 14 heavy (non-hydrogen) atoms. The predicted molar refractivity (Wildman–Crippen MR) is 54.8 cm³/mol. The summed E-state index contributed by atoms with van der Waals surface area (Å²) in [7, 11) is 0. The molecule has 0 aromatic heterocycles. The van der Waals surface area contributed by atoms with Gasteiger partial charge in [-0.1, -0.05) is 20.8 Å². The van der Waals surface area contributed by atoms with Crippen molar-refractivity contribution >= 4 is 5.91 Å². The molecule has 4 fully saturated rings. The van der Waals surface area contributed by atoms with Crippen LogP contribution in [0.4, 0.5) is 0 Å². The standard InChI is InChI=1S/C12H19NO/c1-10-4-11(2)6-12(3,5-10)9(14)13(7-10)8-11/h4-8H2,1-3H3/t10-,11+,12?. The number of hydrogen-bond donors (Lipinski definition) is 0. The van der Waals surface area contributed by atoms with Crippen LogP contribution in [0.1, 0.15) is 40.0 Å². The smallest absolute Gasteiger partial charge is 0.228 e.